The number of ether oxygens (including phenoxy) is 2. The van der Waals surface area contributed by atoms with Crippen molar-refractivity contribution in [1.82, 2.24) is 9.62 Å². The summed E-state index contributed by atoms with van der Waals surface area (Å²) in [6.07, 6.45) is 1.84. The minimum atomic E-state index is -3.36. The largest absolute Gasteiger partial charge is 0.483 e. The SMILES string of the molecule is COCC1=C(NS(=O)(=O)C2CC2)CCN1C(=O)COc1ccccc1C. The molecule has 1 fully saturated rings. The first-order chi connectivity index (χ1) is 12.4. The van der Waals surface area contributed by atoms with Gasteiger partial charge in [-0.3, -0.25) is 9.52 Å². The maximum Gasteiger partial charge on any atom is 0.264 e. The Kier molecular flexibility index (Phi) is 5.52. The van der Waals surface area contributed by atoms with Crippen LogP contribution in [-0.4, -0.2) is 51.3 Å². The third-order valence-corrected chi connectivity index (χ3v) is 6.40. The molecule has 1 amide bonds. The van der Waals surface area contributed by atoms with Gasteiger partial charge in [-0.1, -0.05) is 18.2 Å². The molecule has 1 aliphatic heterocycles. The highest BCUT2D eigenvalue weighted by atomic mass is 32.2. The number of para-hydroxylation sites is 1. The van der Waals surface area contributed by atoms with Gasteiger partial charge in [0.15, 0.2) is 6.61 Å². The number of hydrogen-bond donors (Lipinski definition) is 1. The summed E-state index contributed by atoms with van der Waals surface area (Å²) in [6.45, 7) is 2.38. The van der Waals surface area contributed by atoms with Crippen molar-refractivity contribution in [3.8, 4) is 5.75 Å². The number of carbonyl (C=O) groups excluding carboxylic acids is 1. The minimum absolute atomic E-state index is 0.110. The number of benzene rings is 1. The van der Waals surface area contributed by atoms with E-state index in [1.165, 1.54) is 7.11 Å². The van der Waals surface area contributed by atoms with E-state index in [2.05, 4.69) is 4.72 Å². The highest BCUT2D eigenvalue weighted by molar-refractivity contribution is 7.90. The lowest BCUT2D eigenvalue weighted by Gasteiger charge is -2.21. The lowest BCUT2D eigenvalue weighted by Crippen LogP contribution is -2.34. The molecule has 0 unspecified atom stereocenters. The van der Waals surface area contributed by atoms with Gasteiger partial charge in [-0.15, -0.1) is 0 Å². The molecule has 8 heteroatoms. The Morgan fingerprint density at radius 1 is 1.31 bits per heavy atom. The molecule has 3 rings (SSSR count). The summed E-state index contributed by atoms with van der Waals surface area (Å²) in [7, 11) is -1.85. The van der Waals surface area contributed by atoms with Gasteiger partial charge in [-0.2, -0.15) is 0 Å². The van der Waals surface area contributed by atoms with Gasteiger partial charge in [-0.25, -0.2) is 8.42 Å². The molecule has 1 aromatic carbocycles. The van der Waals surface area contributed by atoms with E-state index in [0.29, 0.717) is 43.0 Å². The highest BCUT2D eigenvalue weighted by Crippen LogP contribution is 2.30. The van der Waals surface area contributed by atoms with Crippen LogP contribution in [0.5, 0.6) is 5.75 Å². The van der Waals surface area contributed by atoms with Gasteiger partial charge in [0.1, 0.15) is 5.75 Å². The number of aryl methyl sites for hydroxylation is 1. The molecule has 26 heavy (non-hydrogen) atoms. The maximum absolute atomic E-state index is 12.6. The third kappa shape index (κ3) is 4.19. The van der Waals surface area contributed by atoms with E-state index in [1.54, 1.807) is 4.90 Å². The Labute approximate surface area is 154 Å². The molecule has 0 atom stereocenters. The van der Waals surface area contributed by atoms with Crippen LogP contribution >= 0.6 is 0 Å². The number of sulfonamides is 1. The van der Waals surface area contributed by atoms with Crippen LogP contribution in [0, 0.1) is 6.92 Å². The number of rotatable bonds is 8. The number of hydrogen-bond acceptors (Lipinski definition) is 5. The summed E-state index contributed by atoms with van der Waals surface area (Å²) in [5, 5.41) is -0.312. The number of carbonyl (C=O) groups is 1. The number of amides is 1. The first-order valence-corrected chi connectivity index (χ1v) is 10.2. The van der Waals surface area contributed by atoms with Gasteiger partial charge < -0.3 is 14.4 Å². The van der Waals surface area contributed by atoms with E-state index >= 15 is 0 Å². The topological polar surface area (TPSA) is 84.9 Å². The quantitative estimate of drug-likeness (QED) is 0.740. The number of nitrogens with zero attached hydrogens (tertiary/aromatic N) is 1. The van der Waals surface area contributed by atoms with Crippen LogP contribution in [0.3, 0.4) is 0 Å². The van der Waals surface area contributed by atoms with Crippen molar-refractivity contribution < 1.29 is 22.7 Å². The van der Waals surface area contributed by atoms with Gasteiger partial charge in [0.25, 0.3) is 5.91 Å². The van der Waals surface area contributed by atoms with Gasteiger partial charge >= 0.3 is 0 Å². The molecule has 0 radical (unpaired) electrons. The zero-order valence-electron chi connectivity index (χ0n) is 15.0. The van der Waals surface area contributed by atoms with Crippen LogP contribution < -0.4 is 9.46 Å². The molecule has 1 aliphatic carbocycles. The van der Waals surface area contributed by atoms with E-state index in [-0.39, 0.29) is 24.4 Å². The highest BCUT2D eigenvalue weighted by Gasteiger charge is 2.38. The second kappa shape index (κ2) is 7.67. The van der Waals surface area contributed by atoms with Crippen LogP contribution in [-0.2, 0) is 19.6 Å². The van der Waals surface area contributed by atoms with E-state index in [9.17, 15) is 13.2 Å². The number of nitrogens with one attached hydrogen (secondary N) is 1. The van der Waals surface area contributed by atoms with Crippen molar-refractivity contribution in [3.05, 3.63) is 41.2 Å². The second-order valence-electron chi connectivity index (χ2n) is 6.55. The lowest BCUT2D eigenvalue weighted by molar-refractivity contribution is -0.131. The van der Waals surface area contributed by atoms with Crippen molar-refractivity contribution in [2.45, 2.75) is 31.4 Å². The smallest absolute Gasteiger partial charge is 0.264 e. The lowest BCUT2D eigenvalue weighted by atomic mass is 10.2. The predicted octanol–water partition coefficient (Wildman–Crippen LogP) is 1.55. The molecule has 0 aromatic heterocycles. The van der Waals surface area contributed by atoms with E-state index in [0.717, 1.165) is 5.56 Å². The summed E-state index contributed by atoms with van der Waals surface area (Å²) in [5.74, 6) is 0.438. The average molecular weight is 380 g/mol. The predicted molar refractivity (Wildman–Crippen MR) is 97.0 cm³/mol. The molecule has 1 saturated carbocycles. The molecular weight excluding hydrogens is 356 g/mol. The van der Waals surface area contributed by atoms with Crippen LogP contribution in [0.1, 0.15) is 24.8 Å². The van der Waals surface area contributed by atoms with Crippen LogP contribution in [0.2, 0.25) is 0 Å². The van der Waals surface area contributed by atoms with Crippen LogP contribution in [0.25, 0.3) is 0 Å². The Balaban J connectivity index is 1.69. The average Bonchev–Trinajstić information content (AvgIpc) is 3.40. The third-order valence-electron chi connectivity index (χ3n) is 4.52. The van der Waals surface area contributed by atoms with Crippen molar-refractivity contribution >= 4 is 15.9 Å². The maximum atomic E-state index is 12.6. The van der Waals surface area contributed by atoms with Crippen molar-refractivity contribution in [2.75, 3.05) is 26.9 Å². The van der Waals surface area contributed by atoms with E-state index in [1.807, 2.05) is 31.2 Å². The monoisotopic (exact) mass is 380 g/mol. The molecule has 0 saturated heterocycles. The van der Waals surface area contributed by atoms with Crippen molar-refractivity contribution in [2.24, 2.45) is 0 Å². The Hall–Kier alpha value is -2.06. The molecule has 142 valence electrons. The van der Waals surface area contributed by atoms with E-state index in [4.69, 9.17) is 9.47 Å². The molecule has 1 heterocycles. The Bertz CT molecular complexity index is 815. The molecule has 2 aliphatic rings. The Morgan fingerprint density at radius 3 is 2.69 bits per heavy atom. The first kappa shape index (κ1) is 18.7. The standard InChI is InChI=1S/C18H24N2O5S/c1-13-5-3-4-6-17(13)25-12-18(21)20-10-9-15(16(20)11-24-2)19-26(22,23)14-7-8-14/h3-6,14,19H,7-12H2,1-2H3. The summed E-state index contributed by atoms with van der Waals surface area (Å²) in [6, 6.07) is 7.48. The normalized spacial score (nSPS) is 17.5. The fourth-order valence-corrected chi connectivity index (χ4v) is 4.41. The summed E-state index contributed by atoms with van der Waals surface area (Å²) >= 11 is 0. The van der Waals surface area contributed by atoms with E-state index < -0.39 is 10.0 Å². The molecule has 1 N–H and O–H groups in total. The van der Waals surface area contributed by atoms with Gasteiger partial charge in [0.05, 0.1) is 17.6 Å². The molecule has 7 nitrogen and oxygen atoms in total. The molecule has 0 spiro atoms. The minimum Gasteiger partial charge on any atom is -0.483 e. The molecule has 1 aromatic rings. The molecular formula is C18H24N2O5S. The van der Waals surface area contributed by atoms with Crippen molar-refractivity contribution in [1.29, 1.82) is 0 Å². The van der Waals surface area contributed by atoms with Crippen LogP contribution in [0.4, 0.5) is 0 Å². The summed E-state index contributed by atoms with van der Waals surface area (Å²) in [5.41, 5.74) is 2.06. The fourth-order valence-electron chi connectivity index (χ4n) is 2.92. The van der Waals surface area contributed by atoms with Gasteiger partial charge in [-0.05, 0) is 31.4 Å². The fraction of sp³-hybridized carbons (Fsp3) is 0.500. The van der Waals surface area contributed by atoms with Gasteiger partial charge in [0.2, 0.25) is 10.0 Å². The number of methoxy groups -OCH3 is 1. The van der Waals surface area contributed by atoms with Gasteiger partial charge in [0, 0.05) is 25.8 Å². The van der Waals surface area contributed by atoms with Crippen LogP contribution in [0.15, 0.2) is 35.7 Å². The summed E-state index contributed by atoms with van der Waals surface area (Å²) in [4.78, 5) is 14.2. The molecule has 0 bridgehead atoms. The summed E-state index contributed by atoms with van der Waals surface area (Å²) < 4.78 is 37.9. The first-order valence-electron chi connectivity index (χ1n) is 8.63. The second-order valence-corrected chi connectivity index (χ2v) is 8.52. The zero-order chi connectivity index (χ0) is 18.7. The van der Waals surface area contributed by atoms with Crippen molar-refractivity contribution in [3.63, 3.8) is 0 Å². The zero-order valence-corrected chi connectivity index (χ0v) is 15.8. The Morgan fingerprint density at radius 2 is 2.04 bits per heavy atom.